The average molecular weight is 427 g/mol. The smallest absolute Gasteiger partial charge is 0.263 e. The van der Waals surface area contributed by atoms with Gasteiger partial charge in [0.2, 0.25) is 0 Å². The van der Waals surface area contributed by atoms with Gasteiger partial charge in [0.05, 0.1) is 16.7 Å². The van der Waals surface area contributed by atoms with E-state index in [0.29, 0.717) is 21.8 Å². The highest BCUT2D eigenvalue weighted by Crippen LogP contribution is 2.27. The van der Waals surface area contributed by atoms with Gasteiger partial charge in [-0.05, 0) is 42.3 Å². The van der Waals surface area contributed by atoms with Crippen LogP contribution < -0.4 is 4.72 Å². The minimum Gasteiger partial charge on any atom is -0.388 e. The SMILES string of the molecule is Cc1c(Cl)cccc1S(=O)(=O)Nc1nc(CC(O)c2cccc(F)c2)cs1. The molecule has 0 saturated carbocycles. The van der Waals surface area contributed by atoms with Crippen LogP contribution in [0.4, 0.5) is 9.52 Å². The van der Waals surface area contributed by atoms with E-state index in [1.165, 1.54) is 24.3 Å². The quantitative estimate of drug-likeness (QED) is 0.615. The maximum atomic E-state index is 13.3. The van der Waals surface area contributed by atoms with E-state index in [1.807, 2.05) is 0 Å². The molecule has 1 aromatic heterocycles. The molecule has 142 valence electrons. The number of aliphatic hydroxyl groups is 1. The van der Waals surface area contributed by atoms with Crippen LogP contribution in [-0.2, 0) is 16.4 Å². The van der Waals surface area contributed by atoms with E-state index in [0.717, 1.165) is 11.3 Å². The number of hydrogen-bond donors (Lipinski definition) is 2. The summed E-state index contributed by atoms with van der Waals surface area (Å²) in [5.41, 5.74) is 1.38. The van der Waals surface area contributed by atoms with Gasteiger partial charge in [0, 0.05) is 16.8 Å². The van der Waals surface area contributed by atoms with Crippen LogP contribution in [0.5, 0.6) is 0 Å². The number of nitrogens with one attached hydrogen (secondary N) is 1. The number of aliphatic hydroxyl groups excluding tert-OH is 1. The van der Waals surface area contributed by atoms with Crippen LogP contribution in [0.25, 0.3) is 0 Å². The first-order valence-corrected chi connectivity index (χ1v) is 10.7. The lowest BCUT2D eigenvalue weighted by atomic mass is 10.1. The number of nitrogens with zero attached hydrogens (tertiary/aromatic N) is 1. The summed E-state index contributed by atoms with van der Waals surface area (Å²) < 4.78 is 40.8. The largest absolute Gasteiger partial charge is 0.388 e. The predicted octanol–water partition coefficient (Wildman–Crippen LogP) is 4.32. The summed E-state index contributed by atoms with van der Waals surface area (Å²) in [5, 5.41) is 12.4. The molecule has 0 amide bonds. The van der Waals surface area contributed by atoms with E-state index < -0.39 is 21.9 Å². The highest BCUT2D eigenvalue weighted by Gasteiger charge is 2.20. The second kappa shape index (κ2) is 7.93. The third kappa shape index (κ3) is 4.65. The number of hydrogen-bond acceptors (Lipinski definition) is 5. The molecule has 3 rings (SSSR count). The molecule has 0 fully saturated rings. The predicted molar refractivity (Wildman–Crippen MR) is 104 cm³/mol. The van der Waals surface area contributed by atoms with Crippen molar-refractivity contribution < 1.29 is 17.9 Å². The Labute approximate surface area is 165 Å². The van der Waals surface area contributed by atoms with Crippen LogP contribution in [-0.4, -0.2) is 18.5 Å². The molecular formula is C18H16ClFN2O3S2. The maximum Gasteiger partial charge on any atom is 0.263 e. The minimum atomic E-state index is -3.84. The number of benzene rings is 2. The highest BCUT2D eigenvalue weighted by atomic mass is 35.5. The molecule has 0 spiro atoms. The summed E-state index contributed by atoms with van der Waals surface area (Å²) >= 11 is 7.10. The Hall–Kier alpha value is -2.00. The Morgan fingerprint density at radius 3 is 2.78 bits per heavy atom. The van der Waals surface area contributed by atoms with E-state index in [4.69, 9.17) is 11.6 Å². The molecule has 9 heteroatoms. The fraction of sp³-hybridized carbons (Fsp3) is 0.167. The zero-order valence-corrected chi connectivity index (χ0v) is 16.6. The van der Waals surface area contributed by atoms with Crippen LogP contribution in [0.3, 0.4) is 0 Å². The summed E-state index contributed by atoms with van der Waals surface area (Å²) in [6.45, 7) is 1.62. The van der Waals surface area contributed by atoms with Gasteiger partial charge in [-0.3, -0.25) is 4.72 Å². The number of halogens is 2. The number of anilines is 1. The van der Waals surface area contributed by atoms with Crippen molar-refractivity contribution in [1.82, 2.24) is 4.98 Å². The molecule has 0 radical (unpaired) electrons. The molecule has 27 heavy (non-hydrogen) atoms. The van der Waals surface area contributed by atoms with E-state index >= 15 is 0 Å². The summed E-state index contributed by atoms with van der Waals surface area (Å²) in [6.07, 6.45) is -0.805. The molecule has 0 bridgehead atoms. The van der Waals surface area contributed by atoms with Gasteiger partial charge in [-0.2, -0.15) is 0 Å². The molecule has 1 unspecified atom stereocenters. The van der Waals surface area contributed by atoms with Crippen molar-refractivity contribution in [2.75, 3.05) is 4.72 Å². The van der Waals surface area contributed by atoms with E-state index in [2.05, 4.69) is 9.71 Å². The second-order valence-corrected chi connectivity index (χ2v) is 8.80. The Kier molecular flexibility index (Phi) is 5.81. The van der Waals surface area contributed by atoms with Crippen LogP contribution >= 0.6 is 22.9 Å². The van der Waals surface area contributed by atoms with Gasteiger partial charge >= 0.3 is 0 Å². The van der Waals surface area contributed by atoms with Crippen LogP contribution in [0.15, 0.2) is 52.7 Å². The third-order valence-electron chi connectivity index (χ3n) is 3.92. The first kappa shape index (κ1) is 19.8. The third-order valence-corrected chi connectivity index (χ3v) is 6.75. The molecule has 2 N–H and O–H groups in total. The number of thiazole rings is 1. The molecule has 0 aliphatic heterocycles. The van der Waals surface area contributed by atoms with Crippen LogP contribution in [0.2, 0.25) is 5.02 Å². The minimum absolute atomic E-state index is 0.0755. The average Bonchev–Trinajstić information content (AvgIpc) is 3.03. The normalized spacial score (nSPS) is 12.7. The van der Waals surface area contributed by atoms with Crippen LogP contribution in [0, 0.1) is 12.7 Å². The first-order chi connectivity index (χ1) is 12.8. The maximum absolute atomic E-state index is 13.3. The Morgan fingerprint density at radius 2 is 2.04 bits per heavy atom. The lowest BCUT2D eigenvalue weighted by Gasteiger charge is -2.10. The zero-order chi connectivity index (χ0) is 19.6. The van der Waals surface area contributed by atoms with Crippen molar-refractivity contribution in [2.45, 2.75) is 24.3 Å². The number of aromatic nitrogens is 1. The van der Waals surface area contributed by atoms with Crippen molar-refractivity contribution in [3.8, 4) is 0 Å². The molecule has 0 aliphatic rings. The summed E-state index contributed by atoms with van der Waals surface area (Å²) in [5.74, 6) is -0.435. The van der Waals surface area contributed by atoms with Gasteiger partial charge in [-0.25, -0.2) is 17.8 Å². The molecule has 0 saturated heterocycles. The van der Waals surface area contributed by atoms with Gasteiger partial charge in [-0.1, -0.05) is 29.8 Å². The summed E-state index contributed by atoms with van der Waals surface area (Å²) in [6, 6.07) is 10.3. The molecule has 5 nitrogen and oxygen atoms in total. The lowest BCUT2D eigenvalue weighted by molar-refractivity contribution is 0.177. The molecule has 0 aliphatic carbocycles. The lowest BCUT2D eigenvalue weighted by Crippen LogP contribution is -2.14. The fourth-order valence-corrected chi connectivity index (χ4v) is 5.00. The molecular weight excluding hydrogens is 411 g/mol. The number of rotatable bonds is 6. The molecule has 2 aromatic carbocycles. The van der Waals surface area contributed by atoms with E-state index in [1.54, 1.807) is 30.5 Å². The molecule has 1 atom stereocenters. The summed E-state index contributed by atoms with van der Waals surface area (Å²) in [7, 11) is -3.84. The fourth-order valence-electron chi connectivity index (χ4n) is 2.53. The standard InChI is InChI=1S/C18H16ClFN2O3S2/c1-11-15(19)6-3-7-17(11)27(24,25)22-18-21-14(10-26-18)9-16(23)12-4-2-5-13(20)8-12/h2-8,10,16,23H,9H2,1H3,(H,21,22). The van der Waals surface area contributed by atoms with E-state index in [-0.39, 0.29) is 16.4 Å². The molecule has 1 heterocycles. The van der Waals surface area contributed by atoms with Crippen molar-refractivity contribution in [3.63, 3.8) is 0 Å². The van der Waals surface area contributed by atoms with Gasteiger partial charge in [0.1, 0.15) is 5.82 Å². The van der Waals surface area contributed by atoms with Crippen molar-refractivity contribution in [2.24, 2.45) is 0 Å². The van der Waals surface area contributed by atoms with E-state index in [9.17, 15) is 17.9 Å². The van der Waals surface area contributed by atoms with Crippen molar-refractivity contribution in [3.05, 3.63) is 75.5 Å². The first-order valence-electron chi connectivity index (χ1n) is 7.92. The second-order valence-electron chi connectivity index (χ2n) is 5.89. The Bertz CT molecular complexity index is 1070. The zero-order valence-electron chi connectivity index (χ0n) is 14.2. The van der Waals surface area contributed by atoms with Gasteiger partial charge in [-0.15, -0.1) is 11.3 Å². The van der Waals surface area contributed by atoms with Crippen molar-refractivity contribution in [1.29, 1.82) is 0 Å². The number of sulfonamides is 1. The van der Waals surface area contributed by atoms with Crippen molar-refractivity contribution >= 4 is 38.1 Å². The highest BCUT2D eigenvalue weighted by molar-refractivity contribution is 7.93. The van der Waals surface area contributed by atoms with Gasteiger partial charge in [0.25, 0.3) is 10.0 Å². The van der Waals surface area contributed by atoms with Crippen LogP contribution in [0.1, 0.15) is 22.9 Å². The topological polar surface area (TPSA) is 79.3 Å². The Morgan fingerprint density at radius 1 is 1.30 bits per heavy atom. The summed E-state index contributed by atoms with van der Waals surface area (Å²) in [4.78, 5) is 4.28. The van der Waals surface area contributed by atoms with Gasteiger partial charge < -0.3 is 5.11 Å². The monoisotopic (exact) mass is 426 g/mol. The van der Waals surface area contributed by atoms with Gasteiger partial charge in [0.15, 0.2) is 5.13 Å². The Balaban J connectivity index is 1.75. The molecule has 3 aromatic rings.